The van der Waals surface area contributed by atoms with Crippen molar-refractivity contribution in [2.75, 3.05) is 13.7 Å². The third kappa shape index (κ3) is 2.18. The second kappa shape index (κ2) is 4.99. The first-order valence-corrected chi connectivity index (χ1v) is 7.42. The van der Waals surface area contributed by atoms with Gasteiger partial charge in [0.15, 0.2) is 0 Å². The molecule has 3 nitrogen and oxygen atoms in total. The summed E-state index contributed by atoms with van der Waals surface area (Å²) in [5.41, 5.74) is 2.29. The maximum absolute atomic E-state index is 5.42. The smallest absolute Gasteiger partial charge is 0.129 e. The number of hydrogen-bond donors (Lipinski definition) is 1. The highest BCUT2D eigenvalue weighted by atomic mass is 79.9. The van der Waals surface area contributed by atoms with Crippen LogP contribution in [-0.4, -0.2) is 18.6 Å². The van der Waals surface area contributed by atoms with Crippen LogP contribution < -0.4 is 10.1 Å². The quantitative estimate of drug-likeness (QED) is 0.920. The summed E-state index contributed by atoms with van der Waals surface area (Å²) in [6.45, 7) is 1.95. The molecule has 0 amide bonds. The summed E-state index contributed by atoms with van der Waals surface area (Å²) in [5.74, 6) is 0.872. The van der Waals surface area contributed by atoms with Crippen LogP contribution in [0.15, 0.2) is 22.7 Å². The molecule has 5 heteroatoms. The second-order valence-corrected chi connectivity index (χ2v) is 6.16. The average Bonchev–Trinajstić information content (AvgIpc) is 2.82. The zero-order chi connectivity index (χ0) is 12.5. The molecule has 1 aliphatic heterocycles. The van der Waals surface area contributed by atoms with Gasteiger partial charge in [-0.1, -0.05) is 15.9 Å². The van der Waals surface area contributed by atoms with Gasteiger partial charge in [-0.15, -0.1) is 11.3 Å². The number of benzene rings is 1. The first-order chi connectivity index (χ1) is 8.78. The molecule has 2 heterocycles. The van der Waals surface area contributed by atoms with E-state index in [-0.39, 0.29) is 0 Å². The van der Waals surface area contributed by atoms with Crippen LogP contribution in [0.4, 0.5) is 0 Å². The van der Waals surface area contributed by atoms with Crippen molar-refractivity contribution < 1.29 is 4.74 Å². The van der Waals surface area contributed by atoms with Crippen molar-refractivity contribution in [1.29, 1.82) is 0 Å². The summed E-state index contributed by atoms with van der Waals surface area (Å²) in [6.07, 6.45) is 1.02. The van der Waals surface area contributed by atoms with E-state index in [9.17, 15) is 0 Å². The molecular weight excluding hydrogens is 312 g/mol. The Labute approximate surface area is 118 Å². The normalized spacial score (nSPS) is 14.3. The van der Waals surface area contributed by atoms with Gasteiger partial charge >= 0.3 is 0 Å². The number of thiazole rings is 1. The lowest BCUT2D eigenvalue weighted by atomic mass is 10.2. The van der Waals surface area contributed by atoms with Crippen molar-refractivity contribution >= 4 is 27.3 Å². The molecule has 3 rings (SSSR count). The molecule has 18 heavy (non-hydrogen) atoms. The van der Waals surface area contributed by atoms with Crippen LogP contribution in [0.5, 0.6) is 5.75 Å². The lowest BCUT2D eigenvalue weighted by molar-refractivity contribution is 0.416. The molecule has 0 unspecified atom stereocenters. The third-order valence-electron chi connectivity index (χ3n) is 2.99. The first-order valence-electron chi connectivity index (χ1n) is 5.81. The van der Waals surface area contributed by atoms with Crippen molar-refractivity contribution in [3.8, 4) is 16.3 Å². The fourth-order valence-electron chi connectivity index (χ4n) is 2.09. The van der Waals surface area contributed by atoms with E-state index < -0.39 is 0 Å². The Balaban J connectivity index is 2.08. The largest absolute Gasteiger partial charge is 0.496 e. The highest BCUT2D eigenvalue weighted by molar-refractivity contribution is 9.10. The van der Waals surface area contributed by atoms with Crippen molar-refractivity contribution in [3.63, 3.8) is 0 Å². The molecule has 0 spiro atoms. The average molecular weight is 325 g/mol. The maximum atomic E-state index is 5.42. The summed E-state index contributed by atoms with van der Waals surface area (Å²) < 4.78 is 6.46. The molecule has 1 aromatic heterocycles. The van der Waals surface area contributed by atoms with Gasteiger partial charge in [0.05, 0.1) is 18.4 Å². The predicted octanol–water partition coefficient (Wildman–Crippen LogP) is 3.23. The number of methoxy groups -OCH3 is 1. The Morgan fingerprint density at radius 1 is 1.44 bits per heavy atom. The molecule has 1 N–H and O–H groups in total. The standard InChI is InChI=1S/C13H13BrN2OS/c1-17-11-3-2-8(14)6-9(11)13-16-10-4-5-15-7-12(10)18-13/h2-3,6,15H,4-5,7H2,1H3. The highest BCUT2D eigenvalue weighted by Gasteiger charge is 2.17. The molecule has 2 aromatic rings. The monoisotopic (exact) mass is 324 g/mol. The van der Waals surface area contributed by atoms with Gasteiger partial charge in [-0.3, -0.25) is 0 Å². The number of hydrogen-bond acceptors (Lipinski definition) is 4. The maximum Gasteiger partial charge on any atom is 0.129 e. The van der Waals surface area contributed by atoms with E-state index >= 15 is 0 Å². The predicted molar refractivity (Wildman–Crippen MR) is 77.2 cm³/mol. The first kappa shape index (κ1) is 12.1. The summed E-state index contributed by atoms with van der Waals surface area (Å²) in [4.78, 5) is 6.09. The lowest BCUT2D eigenvalue weighted by Crippen LogP contribution is -2.22. The van der Waals surface area contributed by atoms with Gasteiger partial charge in [0.2, 0.25) is 0 Å². The summed E-state index contributed by atoms with van der Waals surface area (Å²) in [5, 5.41) is 4.42. The number of ether oxygens (including phenoxy) is 1. The molecule has 0 saturated heterocycles. The van der Waals surface area contributed by atoms with E-state index in [1.165, 1.54) is 10.6 Å². The Morgan fingerprint density at radius 3 is 3.11 bits per heavy atom. The summed E-state index contributed by atoms with van der Waals surface area (Å²) in [7, 11) is 1.70. The topological polar surface area (TPSA) is 34.1 Å². The SMILES string of the molecule is COc1ccc(Br)cc1-c1nc2c(s1)CNCC2. The van der Waals surface area contributed by atoms with Crippen LogP contribution in [0.2, 0.25) is 0 Å². The molecule has 94 valence electrons. The molecule has 0 aliphatic carbocycles. The van der Waals surface area contributed by atoms with E-state index in [1.807, 2.05) is 12.1 Å². The summed E-state index contributed by atoms with van der Waals surface area (Å²) >= 11 is 5.26. The van der Waals surface area contributed by atoms with Gasteiger partial charge < -0.3 is 10.1 Å². The second-order valence-electron chi connectivity index (χ2n) is 4.16. The van der Waals surface area contributed by atoms with Gasteiger partial charge in [-0.2, -0.15) is 0 Å². The van der Waals surface area contributed by atoms with E-state index in [2.05, 4.69) is 27.3 Å². The summed E-state index contributed by atoms with van der Waals surface area (Å²) in [6, 6.07) is 6.02. The van der Waals surface area contributed by atoms with Gasteiger partial charge in [0, 0.05) is 28.9 Å². The van der Waals surface area contributed by atoms with Crippen LogP contribution in [0.1, 0.15) is 10.6 Å². The lowest BCUT2D eigenvalue weighted by Gasteiger charge is -2.09. The Kier molecular flexibility index (Phi) is 3.37. The molecular formula is C13H13BrN2OS. The number of rotatable bonds is 2. The van der Waals surface area contributed by atoms with Gasteiger partial charge in [0.25, 0.3) is 0 Å². The van der Waals surface area contributed by atoms with Gasteiger partial charge in [0.1, 0.15) is 10.8 Å². The number of fused-ring (bicyclic) bond motifs is 1. The zero-order valence-corrected chi connectivity index (χ0v) is 12.4. The van der Waals surface area contributed by atoms with Crippen LogP contribution in [0, 0.1) is 0 Å². The minimum Gasteiger partial charge on any atom is -0.496 e. The molecule has 0 saturated carbocycles. The van der Waals surface area contributed by atoms with E-state index in [4.69, 9.17) is 9.72 Å². The molecule has 0 fully saturated rings. The van der Waals surface area contributed by atoms with Crippen molar-refractivity contribution in [3.05, 3.63) is 33.2 Å². The van der Waals surface area contributed by atoms with Gasteiger partial charge in [-0.05, 0) is 18.2 Å². The van der Waals surface area contributed by atoms with E-state index in [0.717, 1.165) is 40.3 Å². The molecule has 0 bridgehead atoms. The minimum atomic E-state index is 0.872. The fraction of sp³-hybridized carbons (Fsp3) is 0.308. The Bertz CT molecular complexity index is 559. The van der Waals surface area contributed by atoms with Crippen LogP contribution in [-0.2, 0) is 13.0 Å². The van der Waals surface area contributed by atoms with Crippen LogP contribution in [0.25, 0.3) is 10.6 Å². The minimum absolute atomic E-state index is 0.872. The Hall–Kier alpha value is -0.910. The third-order valence-corrected chi connectivity index (χ3v) is 4.62. The van der Waals surface area contributed by atoms with Gasteiger partial charge in [-0.25, -0.2) is 4.98 Å². The van der Waals surface area contributed by atoms with Crippen LogP contribution >= 0.6 is 27.3 Å². The Morgan fingerprint density at radius 2 is 2.33 bits per heavy atom. The number of halogens is 1. The van der Waals surface area contributed by atoms with E-state index in [1.54, 1.807) is 18.4 Å². The molecule has 0 atom stereocenters. The van der Waals surface area contributed by atoms with Crippen LogP contribution in [0.3, 0.4) is 0 Å². The van der Waals surface area contributed by atoms with Crippen molar-refractivity contribution in [1.82, 2.24) is 10.3 Å². The van der Waals surface area contributed by atoms with Crippen molar-refractivity contribution in [2.24, 2.45) is 0 Å². The zero-order valence-electron chi connectivity index (χ0n) is 10.00. The molecule has 0 radical (unpaired) electrons. The molecule has 1 aromatic carbocycles. The fourth-order valence-corrected chi connectivity index (χ4v) is 3.55. The molecule has 1 aliphatic rings. The van der Waals surface area contributed by atoms with Crippen molar-refractivity contribution in [2.45, 2.75) is 13.0 Å². The highest BCUT2D eigenvalue weighted by Crippen LogP contribution is 2.36. The number of nitrogens with zero attached hydrogens (tertiary/aromatic N) is 1. The number of nitrogens with one attached hydrogen (secondary N) is 1. The number of aromatic nitrogens is 1. The van der Waals surface area contributed by atoms with E-state index in [0.29, 0.717) is 0 Å².